The van der Waals surface area contributed by atoms with E-state index in [1.807, 2.05) is 25.8 Å². The van der Waals surface area contributed by atoms with Gasteiger partial charge in [-0.1, -0.05) is 26.0 Å². The molecule has 0 saturated heterocycles. The average Bonchev–Trinajstić information content (AvgIpc) is 2.40. The molecule has 0 spiro atoms. The third-order valence-corrected chi connectivity index (χ3v) is 3.57. The molecule has 1 rings (SSSR count). The van der Waals surface area contributed by atoms with Gasteiger partial charge >= 0.3 is 0 Å². The average molecular weight is 291 g/mol. The number of amides is 1. The van der Waals surface area contributed by atoms with Crippen molar-refractivity contribution in [3.05, 3.63) is 35.6 Å². The molecular weight excluding hydrogens is 269 g/mol. The first kappa shape index (κ1) is 17.1. The van der Waals surface area contributed by atoms with E-state index >= 15 is 0 Å². The van der Waals surface area contributed by atoms with E-state index in [0.717, 1.165) is 5.56 Å². The van der Waals surface area contributed by atoms with Gasteiger partial charge in [-0.2, -0.15) is 5.26 Å². The number of carbonyl (C=O) groups excluding carboxylic acids is 1. The summed E-state index contributed by atoms with van der Waals surface area (Å²) in [5.41, 5.74) is 0.0620. The van der Waals surface area contributed by atoms with Gasteiger partial charge in [0.25, 0.3) is 0 Å². The molecule has 0 fully saturated rings. The zero-order chi connectivity index (χ0) is 16.0. The first-order valence-corrected chi connectivity index (χ1v) is 6.92. The van der Waals surface area contributed by atoms with Crippen LogP contribution in [0.5, 0.6) is 0 Å². The number of nitrogens with zero attached hydrogens (tertiary/aromatic N) is 2. The number of nitrogens with one attached hydrogen (secondary N) is 1. The van der Waals surface area contributed by atoms with Crippen LogP contribution in [0.15, 0.2) is 24.3 Å². The van der Waals surface area contributed by atoms with Gasteiger partial charge in [-0.3, -0.25) is 9.69 Å². The Labute approximate surface area is 125 Å². The van der Waals surface area contributed by atoms with Gasteiger partial charge in [0, 0.05) is 6.54 Å². The van der Waals surface area contributed by atoms with Gasteiger partial charge in [0.15, 0.2) is 0 Å². The summed E-state index contributed by atoms with van der Waals surface area (Å²) in [6.07, 6.45) is 0. The van der Waals surface area contributed by atoms with Crippen LogP contribution in [0.4, 0.5) is 4.39 Å². The zero-order valence-corrected chi connectivity index (χ0v) is 13.0. The Hall–Kier alpha value is -1.93. The van der Waals surface area contributed by atoms with Gasteiger partial charge in [-0.15, -0.1) is 0 Å². The number of carbonyl (C=O) groups is 1. The molecule has 1 aromatic rings. The molecule has 0 aromatic heterocycles. The second kappa shape index (κ2) is 7.19. The molecule has 21 heavy (non-hydrogen) atoms. The van der Waals surface area contributed by atoms with Gasteiger partial charge in [0.1, 0.15) is 11.4 Å². The third-order valence-electron chi connectivity index (χ3n) is 3.57. The lowest BCUT2D eigenvalue weighted by molar-refractivity contribution is -0.123. The Morgan fingerprint density at radius 1 is 1.43 bits per heavy atom. The topological polar surface area (TPSA) is 56.1 Å². The quantitative estimate of drug-likeness (QED) is 0.875. The summed E-state index contributed by atoms with van der Waals surface area (Å²) < 4.78 is 12.8. The minimum Gasteiger partial charge on any atom is -0.337 e. The van der Waals surface area contributed by atoms with E-state index in [1.165, 1.54) is 12.1 Å². The van der Waals surface area contributed by atoms with E-state index in [4.69, 9.17) is 0 Å². The predicted octanol–water partition coefficient (Wildman–Crippen LogP) is 2.31. The Bertz CT molecular complexity index is 521. The maximum absolute atomic E-state index is 12.8. The monoisotopic (exact) mass is 291 g/mol. The van der Waals surface area contributed by atoms with Crippen LogP contribution < -0.4 is 5.32 Å². The molecule has 0 aliphatic carbocycles. The summed E-state index contributed by atoms with van der Waals surface area (Å²) in [6, 6.07) is 8.32. The van der Waals surface area contributed by atoms with Crippen molar-refractivity contribution in [3.63, 3.8) is 0 Å². The molecule has 4 nitrogen and oxygen atoms in total. The summed E-state index contributed by atoms with van der Waals surface area (Å²) in [5, 5.41) is 12.0. The van der Waals surface area contributed by atoms with Crippen molar-refractivity contribution in [2.75, 3.05) is 13.6 Å². The van der Waals surface area contributed by atoms with E-state index in [2.05, 4.69) is 11.4 Å². The maximum Gasteiger partial charge on any atom is 0.235 e. The lowest BCUT2D eigenvalue weighted by Gasteiger charge is -2.28. The van der Waals surface area contributed by atoms with Crippen LogP contribution in [-0.2, 0) is 11.3 Å². The summed E-state index contributed by atoms with van der Waals surface area (Å²) in [5.74, 6) is -0.452. The summed E-state index contributed by atoms with van der Waals surface area (Å²) in [4.78, 5) is 13.8. The van der Waals surface area contributed by atoms with Crippen LogP contribution in [-0.4, -0.2) is 29.9 Å². The van der Waals surface area contributed by atoms with Crippen LogP contribution in [0.1, 0.15) is 26.3 Å². The van der Waals surface area contributed by atoms with Crippen molar-refractivity contribution in [3.8, 4) is 6.07 Å². The molecule has 114 valence electrons. The molecule has 1 amide bonds. The summed E-state index contributed by atoms with van der Waals surface area (Å²) in [7, 11) is 1.81. The number of halogens is 1. The molecule has 1 atom stereocenters. The SMILES string of the molecule is CC(C)[C@@](C)(C#N)NC(=O)CN(C)Cc1ccc(F)cc1. The molecule has 0 aliphatic rings. The summed E-state index contributed by atoms with van der Waals surface area (Å²) in [6.45, 7) is 6.23. The van der Waals surface area contributed by atoms with Crippen molar-refractivity contribution in [1.82, 2.24) is 10.2 Å². The lowest BCUT2D eigenvalue weighted by atomic mass is 9.90. The third kappa shape index (κ3) is 5.16. The molecule has 5 heteroatoms. The normalized spacial score (nSPS) is 13.8. The van der Waals surface area contributed by atoms with Crippen LogP contribution in [0, 0.1) is 23.1 Å². The van der Waals surface area contributed by atoms with Crippen molar-refractivity contribution in [2.24, 2.45) is 5.92 Å². The fraction of sp³-hybridized carbons (Fsp3) is 0.500. The Kier molecular flexibility index (Phi) is 5.86. The second-order valence-electron chi connectivity index (χ2n) is 5.82. The fourth-order valence-corrected chi connectivity index (χ4v) is 1.83. The van der Waals surface area contributed by atoms with E-state index < -0.39 is 5.54 Å². The van der Waals surface area contributed by atoms with Gasteiger partial charge < -0.3 is 5.32 Å². The largest absolute Gasteiger partial charge is 0.337 e. The highest BCUT2D eigenvalue weighted by molar-refractivity contribution is 5.79. The molecule has 0 heterocycles. The molecule has 0 bridgehead atoms. The Balaban J connectivity index is 2.55. The first-order valence-electron chi connectivity index (χ1n) is 6.92. The highest BCUT2D eigenvalue weighted by atomic mass is 19.1. The van der Waals surface area contributed by atoms with Crippen LogP contribution in [0.3, 0.4) is 0 Å². The molecule has 1 aromatic carbocycles. The van der Waals surface area contributed by atoms with Gasteiger partial charge in [0.2, 0.25) is 5.91 Å². The minimum atomic E-state index is -0.867. The van der Waals surface area contributed by atoms with Crippen LogP contribution in [0.25, 0.3) is 0 Å². The van der Waals surface area contributed by atoms with Crippen molar-refractivity contribution < 1.29 is 9.18 Å². The van der Waals surface area contributed by atoms with E-state index in [1.54, 1.807) is 19.1 Å². The number of nitriles is 1. The van der Waals surface area contributed by atoms with E-state index in [0.29, 0.717) is 6.54 Å². The smallest absolute Gasteiger partial charge is 0.235 e. The van der Waals surface area contributed by atoms with Crippen LogP contribution >= 0.6 is 0 Å². The minimum absolute atomic E-state index is 0.0221. The van der Waals surface area contributed by atoms with Crippen molar-refractivity contribution >= 4 is 5.91 Å². The highest BCUT2D eigenvalue weighted by Crippen LogP contribution is 2.15. The maximum atomic E-state index is 12.8. The second-order valence-corrected chi connectivity index (χ2v) is 5.82. The highest BCUT2D eigenvalue weighted by Gasteiger charge is 2.30. The van der Waals surface area contributed by atoms with E-state index in [9.17, 15) is 14.4 Å². The van der Waals surface area contributed by atoms with E-state index in [-0.39, 0.29) is 24.2 Å². The molecule has 1 N–H and O–H groups in total. The number of likely N-dealkylation sites (N-methyl/N-ethyl adjacent to an activating group) is 1. The van der Waals surface area contributed by atoms with Gasteiger partial charge in [0.05, 0.1) is 12.6 Å². The number of benzene rings is 1. The van der Waals surface area contributed by atoms with Gasteiger partial charge in [-0.25, -0.2) is 4.39 Å². The molecule has 0 saturated carbocycles. The zero-order valence-electron chi connectivity index (χ0n) is 13.0. The Morgan fingerprint density at radius 3 is 2.48 bits per heavy atom. The Morgan fingerprint density at radius 2 is 2.00 bits per heavy atom. The van der Waals surface area contributed by atoms with Crippen molar-refractivity contribution in [1.29, 1.82) is 5.26 Å². The lowest BCUT2D eigenvalue weighted by Crippen LogP contribution is -2.51. The molecule has 0 unspecified atom stereocenters. The molecule has 0 aliphatic heterocycles. The van der Waals surface area contributed by atoms with Gasteiger partial charge in [-0.05, 0) is 37.6 Å². The number of hydrogen-bond acceptors (Lipinski definition) is 3. The predicted molar refractivity (Wildman–Crippen MR) is 79.7 cm³/mol. The summed E-state index contributed by atoms with van der Waals surface area (Å²) >= 11 is 0. The first-order chi connectivity index (χ1) is 9.76. The number of rotatable bonds is 6. The molecule has 0 radical (unpaired) electrons. The van der Waals surface area contributed by atoms with Crippen LogP contribution in [0.2, 0.25) is 0 Å². The molecular formula is C16H22FN3O. The van der Waals surface area contributed by atoms with Crippen molar-refractivity contribution in [2.45, 2.75) is 32.9 Å². The fourth-order valence-electron chi connectivity index (χ4n) is 1.83. The number of hydrogen-bond donors (Lipinski definition) is 1. The standard InChI is InChI=1S/C16H22FN3O/c1-12(2)16(3,11-18)19-15(21)10-20(4)9-13-5-7-14(17)8-6-13/h5-8,12H,9-10H2,1-4H3,(H,19,21)/t16-/m1/s1.